The molecule has 1 aliphatic rings. The zero-order valence-electron chi connectivity index (χ0n) is 16.1. The third-order valence-electron chi connectivity index (χ3n) is 4.68. The van der Waals surface area contributed by atoms with Crippen LogP contribution in [0.2, 0.25) is 0 Å². The summed E-state index contributed by atoms with van der Waals surface area (Å²) < 4.78 is 10.8. The first-order valence-electron chi connectivity index (χ1n) is 9.48. The largest absolute Gasteiger partial charge is 0.497 e. The molecule has 0 aliphatic carbocycles. The summed E-state index contributed by atoms with van der Waals surface area (Å²) in [6.45, 7) is 7.68. The Kier molecular flexibility index (Phi) is 6.84. The van der Waals surface area contributed by atoms with Crippen molar-refractivity contribution in [2.24, 2.45) is 0 Å². The van der Waals surface area contributed by atoms with Gasteiger partial charge in [-0.1, -0.05) is 6.92 Å². The molecule has 1 aromatic heterocycles. The van der Waals surface area contributed by atoms with Crippen LogP contribution < -0.4 is 10.1 Å². The summed E-state index contributed by atoms with van der Waals surface area (Å²) in [5, 5.41) is 2.93. The Morgan fingerprint density at radius 1 is 1.19 bits per heavy atom. The highest BCUT2D eigenvalue weighted by atomic mass is 16.5. The first-order valence-corrected chi connectivity index (χ1v) is 9.48. The number of amides is 1. The molecule has 1 N–H and O–H groups in total. The van der Waals surface area contributed by atoms with E-state index in [-0.39, 0.29) is 5.91 Å². The van der Waals surface area contributed by atoms with Crippen molar-refractivity contribution in [1.82, 2.24) is 20.1 Å². The molecule has 1 aromatic carbocycles. The van der Waals surface area contributed by atoms with E-state index in [4.69, 9.17) is 9.15 Å². The van der Waals surface area contributed by atoms with Crippen molar-refractivity contribution in [1.29, 1.82) is 0 Å². The van der Waals surface area contributed by atoms with Gasteiger partial charge in [0.15, 0.2) is 0 Å². The minimum atomic E-state index is 0.117. The summed E-state index contributed by atoms with van der Waals surface area (Å²) in [6, 6.07) is 7.68. The second-order valence-electron chi connectivity index (χ2n) is 6.77. The monoisotopic (exact) mass is 372 g/mol. The van der Waals surface area contributed by atoms with E-state index < -0.39 is 0 Å². The Labute approximate surface area is 160 Å². The van der Waals surface area contributed by atoms with E-state index in [0.717, 1.165) is 62.7 Å². The molecule has 1 saturated heterocycles. The molecule has 0 spiro atoms. The SMILES string of the molecule is CCCNC(=O)CN1CCN(Cc2coc(-c3ccc(OC)cc3)n2)CC1. The normalized spacial score (nSPS) is 15.6. The van der Waals surface area contributed by atoms with Crippen molar-refractivity contribution in [3.63, 3.8) is 0 Å². The molecule has 0 saturated carbocycles. The van der Waals surface area contributed by atoms with Gasteiger partial charge in [0.25, 0.3) is 0 Å². The lowest BCUT2D eigenvalue weighted by molar-refractivity contribution is -0.122. The lowest BCUT2D eigenvalue weighted by atomic mass is 10.2. The van der Waals surface area contributed by atoms with Crippen LogP contribution in [-0.2, 0) is 11.3 Å². The lowest BCUT2D eigenvalue weighted by Gasteiger charge is -2.33. The van der Waals surface area contributed by atoms with Gasteiger partial charge in [0.1, 0.15) is 12.0 Å². The van der Waals surface area contributed by atoms with Crippen LogP contribution in [0.15, 0.2) is 34.9 Å². The van der Waals surface area contributed by atoms with Crippen molar-refractivity contribution < 1.29 is 13.9 Å². The Morgan fingerprint density at radius 2 is 1.89 bits per heavy atom. The standard InChI is InChI=1S/C20H28N4O3/c1-3-8-21-19(25)14-24-11-9-23(10-12-24)13-17-15-27-20(22-17)16-4-6-18(26-2)7-5-16/h4-7,15H,3,8-14H2,1-2H3,(H,21,25). The zero-order valence-corrected chi connectivity index (χ0v) is 16.1. The van der Waals surface area contributed by atoms with Gasteiger partial charge in [-0.2, -0.15) is 0 Å². The van der Waals surface area contributed by atoms with Gasteiger partial charge in [-0.25, -0.2) is 4.98 Å². The summed E-state index contributed by atoms with van der Waals surface area (Å²) >= 11 is 0. The Bertz CT molecular complexity index is 721. The zero-order chi connectivity index (χ0) is 19.1. The highest BCUT2D eigenvalue weighted by Crippen LogP contribution is 2.22. The number of methoxy groups -OCH3 is 1. The number of oxazole rings is 1. The summed E-state index contributed by atoms with van der Waals surface area (Å²) in [5.74, 6) is 1.55. The third kappa shape index (κ3) is 5.55. The molecule has 0 radical (unpaired) electrons. The van der Waals surface area contributed by atoms with Gasteiger partial charge in [-0.15, -0.1) is 0 Å². The first kappa shape index (κ1) is 19.4. The molecule has 0 atom stereocenters. The number of nitrogens with zero attached hydrogens (tertiary/aromatic N) is 3. The van der Waals surface area contributed by atoms with Gasteiger partial charge >= 0.3 is 0 Å². The molecule has 27 heavy (non-hydrogen) atoms. The first-order chi connectivity index (χ1) is 13.2. The van der Waals surface area contributed by atoms with Crippen LogP contribution in [0.5, 0.6) is 5.75 Å². The molecule has 0 bridgehead atoms. The molecular formula is C20H28N4O3. The van der Waals surface area contributed by atoms with Crippen LogP contribution in [0, 0.1) is 0 Å². The molecule has 3 rings (SSSR count). The van der Waals surface area contributed by atoms with Crippen molar-refractivity contribution in [2.45, 2.75) is 19.9 Å². The maximum absolute atomic E-state index is 11.8. The summed E-state index contributed by atoms with van der Waals surface area (Å²) in [6.07, 6.45) is 2.69. The summed E-state index contributed by atoms with van der Waals surface area (Å²) in [4.78, 5) is 21.0. The van der Waals surface area contributed by atoms with E-state index in [1.807, 2.05) is 24.3 Å². The second kappa shape index (κ2) is 9.53. The summed E-state index contributed by atoms with van der Waals surface area (Å²) in [5.41, 5.74) is 1.86. The van der Waals surface area contributed by atoms with Crippen LogP contribution in [0.4, 0.5) is 0 Å². The van der Waals surface area contributed by atoms with E-state index >= 15 is 0 Å². The molecule has 1 aliphatic heterocycles. The molecule has 1 fully saturated rings. The predicted molar refractivity (Wildman–Crippen MR) is 104 cm³/mol. The Hall–Kier alpha value is -2.38. The minimum Gasteiger partial charge on any atom is -0.497 e. The Morgan fingerprint density at radius 3 is 2.56 bits per heavy atom. The van der Waals surface area contributed by atoms with Crippen molar-refractivity contribution in [3.05, 3.63) is 36.2 Å². The maximum Gasteiger partial charge on any atom is 0.234 e. The van der Waals surface area contributed by atoms with E-state index in [1.165, 1.54) is 0 Å². The van der Waals surface area contributed by atoms with Crippen LogP contribution in [0.25, 0.3) is 11.5 Å². The molecule has 1 amide bonds. The van der Waals surface area contributed by atoms with Crippen molar-refractivity contribution in [3.8, 4) is 17.2 Å². The minimum absolute atomic E-state index is 0.117. The molecule has 146 valence electrons. The number of hydrogen-bond donors (Lipinski definition) is 1. The van der Waals surface area contributed by atoms with Gasteiger partial charge in [-0.05, 0) is 30.7 Å². The quantitative estimate of drug-likeness (QED) is 0.764. The topological polar surface area (TPSA) is 70.8 Å². The number of hydrogen-bond acceptors (Lipinski definition) is 6. The number of ether oxygens (including phenoxy) is 1. The van der Waals surface area contributed by atoms with Crippen LogP contribution in [-0.4, -0.2) is 67.1 Å². The predicted octanol–water partition coefficient (Wildman–Crippen LogP) is 1.99. The molecule has 2 heterocycles. The number of rotatable bonds is 8. The molecule has 0 unspecified atom stereocenters. The van der Waals surface area contributed by atoms with Gasteiger partial charge in [0.05, 0.1) is 19.3 Å². The number of nitrogens with one attached hydrogen (secondary N) is 1. The molecule has 2 aromatic rings. The second-order valence-corrected chi connectivity index (χ2v) is 6.77. The van der Waals surface area contributed by atoms with E-state index in [0.29, 0.717) is 12.4 Å². The van der Waals surface area contributed by atoms with Gasteiger partial charge in [-0.3, -0.25) is 14.6 Å². The van der Waals surface area contributed by atoms with Crippen LogP contribution in [0.1, 0.15) is 19.0 Å². The van der Waals surface area contributed by atoms with Crippen LogP contribution in [0.3, 0.4) is 0 Å². The average Bonchev–Trinajstić information content (AvgIpc) is 3.16. The fourth-order valence-electron chi connectivity index (χ4n) is 3.10. The number of carbonyl (C=O) groups is 1. The molecule has 7 nitrogen and oxygen atoms in total. The lowest BCUT2D eigenvalue weighted by Crippen LogP contribution is -2.49. The van der Waals surface area contributed by atoms with Crippen molar-refractivity contribution in [2.75, 3.05) is 46.4 Å². The van der Waals surface area contributed by atoms with Gasteiger partial charge in [0, 0.05) is 44.8 Å². The van der Waals surface area contributed by atoms with E-state index in [2.05, 4.69) is 27.0 Å². The number of carbonyl (C=O) groups excluding carboxylic acids is 1. The number of benzene rings is 1. The summed E-state index contributed by atoms with van der Waals surface area (Å²) in [7, 11) is 1.65. The average molecular weight is 372 g/mol. The highest BCUT2D eigenvalue weighted by Gasteiger charge is 2.20. The van der Waals surface area contributed by atoms with Crippen LogP contribution >= 0.6 is 0 Å². The highest BCUT2D eigenvalue weighted by molar-refractivity contribution is 5.77. The molecule has 7 heteroatoms. The number of aromatic nitrogens is 1. The van der Waals surface area contributed by atoms with Crippen molar-refractivity contribution >= 4 is 5.91 Å². The Balaban J connectivity index is 1.46. The van der Waals surface area contributed by atoms with E-state index in [9.17, 15) is 4.79 Å². The third-order valence-corrected chi connectivity index (χ3v) is 4.68. The molecular weight excluding hydrogens is 344 g/mol. The van der Waals surface area contributed by atoms with Gasteiger partial charge < -0.3 is 14.5 Å². The van der Waals surface area contributed by atoms with E-state index in [1.54, 1.807) is 13.4 Å². The smallest absolute Gasteiger partial charge is 0.234 e. The van der Waals surface area contributed by atoms with Gasteiger partial charge in [0.2, 0.25) is 11.8 Å². The fraction of sp³-hybridized carbons (Fsp3) is 0.500. The fourth-order valence-corrected chi connectivity index (χ4v) is 3.10. The number of piperazine rings is 1. The maximum atomic E-state index is 11.8.